The van der Waals surface area contributed by atoms with Gasteiger partial charge in [0.05, 0.1) is 19.1 Å². The molecule has 0 bridgehead atoms. The van der Waals surface area contributed by atoms with Crippen LogP contribution in [0.15, 0.2) is 48.5 Å². The maximum atomic E-state index is 12.2. The van der Waals surface area contributed by atoms with Crippen LogP contribution in [0.3, 0.4) is 0 Å². The van der Waals surface area contributed by atoms with Crippen molar-refractivity contribution >= 4 is 17.5 Å². The van der Waals surface area contributed by atoms with Gasteiger partial charge in [-0.3, -0.25) is 9.59 Å². The molecule has 2 aromatic carbocycles. The quantitative estimate of drug-likeness (QED) is 0.725. The molecule has 0 aliphatic rings. The third-order valence-electron chi connectivity index (χ3n) is 3.95. The van der Waals surface area contributed by atoms with Crippen LogP contribution in [-0.2, 0) is 22.4 Å². The van der Waals surface area contributed by atoms with E-state index in [1.54, 1.807) is 24.3 Å². The maximum Gasteiger partial charge on any atom is 0.224 e. The van der Waals surface area contributed by atoms with Crippen LogP contribution in [0.5, 0.6) is 0 Å². The van der Waals surface area contributed by atoms with E-state index in [9.17, 15) is 14.7 Å². The summed E-state index contributed by atoms with van der Waals surface area (Å²) in [4.78, 5) is 23.3. The predicted molar refractivity (Wildman–Crippen MR) is 98.2 cm³/mol. The first kappa shape index (κ1) is 18.7. The van der Waals surface area contributed by atoms with E-state index < -0.39 is 6.04 Å². The van der Waals surface area contributed by atoms with E-state index in [0.717, 1.165) is 17.5 Å². The van der Waals surface area contributed by atoms with Gasteiger partial charge in [0.15, 0.2) is 0 Å². The predicted octanol–water partition coefficient (Wildman–Crippen LogP) is 2.60. The van der Waals surface area contributed by atoms with E-state index >= 15 is 0 Å². The topological polar surface area (TPSA) is 78.4 Å². The molecule has 2 rings (SSSR count). The molecule has 132 valence electrons. The van der Waals surface area contributed by atoms with E-state index in [4.69, 9.17) is 0 Å². The molecule has 2 aromatic rings. The number of rotatable bonds is 7. The summed E-state index contributed by atoms with van der Waals surface area (Å²) in [5, 5.41) is 15.1. The molecule has 0 aliphatic carbocycles. The Morgan fingerprint density at radius 1 is 1.00 bits per heavy atom. The van der Waals surface area contributed by atoms with Gasteiger partial charge in [-0.2, -0.15) is 0 Å². The van der Waals surface area contributed by atoms with Gasteiger partial charge >= 0.3 is 0 Å². The number of benzene rings is 2. The second kappa shape index (κ2) is 8.99. The van der Waals surface area contributed by atoms with Crippen LogP contribution in [0.1, 0.15) is 36.6 Å². The van der Waals surface area contributed by atoms with E-state index in [1.165, 1.54) is 12.5 Å². The van der Waals surface area contributed by atoms with E-state index in [0.29, 0.717) is 5.69 Å². The van der Waals surface area contributed by atoms with Gasteiger partial charge in [0.1, 0.15) is 0 Å². The summed E-state index contributed by atoms with van der Waals surface area (Å²) in [5.41, 5.74) is 3.63. The minimum atomic E-state index is -0.419. The van der Waals surface area contributed by atoms with Gasteiger partial charge in [-0.05, 0) is 35.2 Å². The number of carbonyl (C=O) groups is 2. The molecule has 0 aromatic heterocycles. The van der Waals surface area contributed by atoms with Crippen molar-refractivity contribution < 1.29 is 14.7 Å². The lowest BCUT2D eigenvalue weighted by molar-refractivity contribution is -0.121. The molecular weight excluding hydrogens is 316 g/mol. The zero-order valence-electron chi connectivity index (χ0n) is 14.6. The van der Waals surface area contributed by atoms with Crippen LogP contribution in [0.4, 0.5) is 5.69 Å². The number of carbonyl (C=O) groups excluding carboxylic acids is 2. The lowest BCUT2D eigenvalue weighted by Crippen LogP contribution is -2.31. The van der Waals surface area contributed by atoms with Gasteiger partial charge in [-0.1, -0.05) is 43.3 Å². The third-order valence-corrected chi connectivity index (χ3v) is 3.95. The average Bonchev–Trinajstić information content (AvgIpc) is 2.61. The highest BCUT2D eigenvalue weighted by molar-refractivity contribution is 5.88. The molecule has 25 heavy (non-hydrogen) atoms. The van der Waals surface area contributed by atoms with Gasteiger partial charge in [0.2, 0.25) is 11.8 Å². The fourth-order valence-corrected chi connectivity index (χ4v) is 2.56. The summed E-state index contributed by atoms with van der Waals surface area (Å²) in [7, 11) is 0. The fourth-order valence-electron chi connectivity index (χ4n) is 2.56. The average molecular weight is 340 g/mol. The van der Waals surface area contributed by atoms with Crippen molar-refractivity contribution in [2.75, 3.05) is 11.9 Å². The summed E-state index contributed by atoms with van der Waals surface area (Å²) in [6.07, 6.45) is 1.16. The minimum absolute atomic E-state index is 0.134. The first-order chi connectivity index (χ1) is 12.0. The van der Waals surface area contributed by atoms with E-state index in [2.05, 4.69) is 17.6 Å². The number of aliphatic hydroxyl groups excluding tert-OH is 1. The highest BCUT2D eigenvalue weighted by Gasteiger charge is 2.14. The maximum absolute atomic E-state index is 12.2. The molecule has 3 N–H and O–H groups in total. The summed E-state index contributed by atoms with van der Waals surface area (Å²) in [5.74, 6) is -0.295. The van der Waals surface area contributed by atoms with Gasteiger partial charge in [-0.15, -0.1) is 0 Å². The number of anilines is 1. The standard InChI is InChI=1S/C20H24N2O3/c1-3-15-4-8-17(9-5-15)19(13-23)22-20(25)12-16-6-10-18(11-7-16)21-14(2)24/h4-11,19,23H,3,12-13H2,1-2H3,(H,21,24)(H,22,25). The van der Waals surface area contributed by atoms with Crippen molar-refractivity contribution in [3.05, 3.63) is 65.2 Å². The Bertz CT molecular complexity index is 709. The van der Waals surface area contributed by atoms with Crippen molar-refractivity contribution in [2.24, 2.45) is 0 Å². The Morgan fingerprint density at radius 3 is 2.12 bits per heavy atom. The van der Waals surface area contributed by atoms with Crippen molar-refractivity contribution in [1.82, 2.24) is 5.32 Å². The zero-order chi connectivity index (χ0) is 18.2. The number of nitrogens with one attached hydrogen (secondary N) is 2. The highest BCUT2D eigenvalue weighted by atomic mass is 16.3. The minimum Gasteiger partial charge on any atom is -0.394 e. The second-order valence-electron chi connectivity index (χ2n) is 5.95. The van der Waals surface area contributed by atoms with Crippen LogP contribution in [0.2, 0.25) is 0 Å². The number of aryl methyl sites for hydroxylation is 1. The molecule has 1 unspecified atom stereocenters. The first-order valence-electron chi connectivity index (χ1n) is 8.37. The monoisotopic (exact) mass is 340 g/mol. The van der Waals surface area contributed by atoms with Crippen LogP contribution in [0.25, 0.3) is 0 Å². The SMILES string of the molecule is CCc1ccc(C(CO)NC(=O)Cc2ccc(NC(C)=O)cc2)cc1. The molecule has 5 heteroatoms. The molecular formula is C20H24N2O3. The highest BCUT2D eigenvalue weighted by Crippen LogP contribution is 2.15. The summed E-state index contributed by atoms with van der Waals surface area (Å²) < 4.78 is 0. The Hall–Kier alpha value is -2.66. The lowest BCUT2D eigenvalue weighted by atomic mass is 10.0. The van der Waals surface area contributed by atoms with Gasteiger partial charge in [-0.25, -0.2) is 0 Å². The van der Waals surface area contributed by atoms with Crippen LogP contribution < -0.4 is 10.6 Å². The summed E-state index contributed by atoms with van der Waals surface area (Å²) >= 11 is 0. The smallest absolute Gasteiger partial charge is 0.224 e. The Morgan fingerprint density at radius 2 is 1.60 bits per heavy atom. The molecule has 0 radical (unpaired) electrons. The summed E-state index contributed by atoms with van der Waals surface area (Å²) in [6, 6.07) is 14.6. The normalized spacial score (nSPS) is 11.6. The number of aliphatic hydroxyl groups is 1. The van der Waals surface area contributed by atoms with Crippen molar-refractivity contribution in [3.8, 4) is 0 Å². The molecule has 0 fully saturated rings. The van der Waals surface area contributed by atoms with Crippen molar-refractivity contribution in [3.63, 3.8) is 0 Å². The third kappa shape index (κ3) is 5.72. The van der Waals surface area contributed by atoms with Crippen LogP contribution >= 0.6 is 0 Å². The molecule has 0 aliphatic heterocycles. The zero-order valence-corrected chi connectivity index (χ0v) is 14.6. The molecule has 1 atom stereocenters. The molecule has 0 spiro atoms. The summed E-state index contributed by atoms with van der Waals surface area (Å²) in [6.45, 7) is 3.37. The molecule has 0 saturated heterocycles. The molecule has 0 heterocycles. The fraction of sp³-hybridized carbons (Fsp3) is 0.300. The lowest BCUT2D eigenvalue weighted by Gasteiger charge is -2.17. The van der Waals surface area contributed by atoms with Gasteiger partial charge < -0.3 is 15.7 Å². The van der Waals surface area contributed by atoms with Crippen LogP contribution in [-0.4, -0.2) is 23.5 Å². The van der Waals surface area contributed by atoms with Crippen molar-refractivity contribution in [1.29, 1.82) is 0 Å². The molecule has 2 amide bonds. The Balaban J connectivity index is 1.96. The first-order valence-corrected chi connectivity index (χ1v) is 8.37. The van der Waals surface area contributed by atoms with E-state index in [1.807, 2.05) is 24.3 Å². The number of hydrogen-bond donors (Lipinski definition) is 3. The molecule has 0 saturated carbocycles. The van der Waals surface area contributed by atoms with E-state index in [-0.39, 0.29) is 24.8 Å². The molecule has 5 nitrogen and oxygen atoms in total. The Labute approximate surface area is 148 Å². The number of hydrogen-bond acceptors (Lipinski definition) is 3. The largest absolute Gasteiger partial charge is 0.394 e. The Kier molecular flexibility index (Phi) is 6.71. The van der Waals surface area contributed by atoms with Gasteiger partial charge in [0.25, 0.3) is 0 Å². The number of amides is 2. The van der Waals surface area contributed by atoms with Gasteiger partial charge in [0, 0.05) is 12.6 Å². The van der Waals surface area contributed by atoms with Crippen molar-refractivity contribution in [2.45, 2.75) is 32.7 Å². The van der Waals surface area contributed by atoms with Crippen LogP contribution in [0, 0.1) is 0 Å². The second-order valence-corrected chi connectivity index (χ2v) is 5.95.